The first-order valence-corrected chi connectivity index (χ1v) is 5.16. The third-order valence-corrected chi connectivity index (χ3v) is 2.63. The molecule has 1 aromatic rings. The molecule has 1 aliphatic heterocycles. The van der Waals surface area contributed by atoms with Gasteiger partial charge >= 0.3 is 0 Å². The predicted octanol–water partition coefficient (Wildman–Crippen LogP) is -0.254. The van der Waals surface area contributed by atoms with E-state index >= 15 is 0 Å². The largest absolute Gasteiger partial charge is 0.388 e. The van der Waals surface area contributed by atoms with Crippen LogP contribution < -0.4 is 5.32 Å². The number of aliphatic hydroxyl groups excluding tert-OH is 1. The Bertz CT molecular complexity index is 351. The van der Waals surface area contributed by atoms with Crippen molar-refractivity contribution < 1.29 is 14.6 Å². The van der Waals surface area contributed by atoms with Crippen molar-refractivity contribution in [3.63, 3.8) is 0 Å². The van der Waals surface area contributed by atoms with Crippen LogP contribution in [0.4, 0.5) is 5.95 Å². The second kappa shape index (κ2) is 4.77. The number of anilines is 1. The van der Waals surface area contributed by atoms with Gasteiger partial charge in [-0.15, -0.1) is 0 Å². The molecule has 0 amide bonds. The van der Waals surface area contributed by atoms with Crippen LogP contribution in [0.3, 0.4) is 0 Å². The quantitative estimate of drug-likeness (QED) is 0.691. The van der Waals surface area contributed by atoms with E-state index in [0.717, 1.165) is 13.0 Å². The number of aromatic nitrogens is 3. The van der Waals surface area contributed by atoms with Gasteiger partial charge in [0.25, 0.3) is 0 Å². The summed E-state index contributed by atoms with van der Waals surface area (Å²) < 4.78 is 12.2. The van der Waals surface area contributed by atoms with Gasteiger partial charge in [-0.1, -0.05) is 0 Å². The van der Waals surface area contributed by atoms with E-state index in [1.165, 1.54) is 0 Å². The van der Waals surface area contributed by atoms with Crippen LogP contribution in [-0.2, 0) is 16.1 Å². The number of hydrogen-bond acceptors (Lipinski definition) is 6. The van der Waals surface area contributed by atoms with E-state index in [0.29, 0.717) is 11.8 Å². The molecule has 1 unspecified atom stereocenters. The lowest BCUT2D eigenvalue weighted by Gasteiger charge is -2.29. The molecule has 0 aliphatic carbocycles. The average Bonchev–Trinajstić information content (AvgIpc) is 2.74. The number of nitrogens with one attached hydrogen (secondary N) is 1. The average molecular weight is 228 g/mol. The summed E-state index contributed by atoms with van der Waals surface area (Å²) in [5, 5.41) is 16.3. The fourth-order valence-corrected chi connectivity index (χ4v) is 1.90. The first-order valence-electron chi connectivity index (χ1n) is 5.16. The number of ether oxygens (including phenoxy) is 2. The highest BCUT2D eigenvalue weighted by atomic mass is 16.7. The Morgan fingerprint density at radius 1 is 1.56 bits per heavy atom. The summed E-state index contributed by atoms with van der Waals surface area (Å²) in [5.74, 6) is 1.06. The van der Waals surface area contributed by atoms with Crippen LogP contribution in [0.15, 0.2) is 0 Å². The molecule has 0 saturated heterocycles. The molecule has 1 aliphatic rings. The highest BCUT2D eigenvalue weighted by Gasteiger charge is 2.29. The second-order valence-electron chi connectivity index (χ2n) is 3.58. The van der Waals surface area contributed by atoms with Crippen LogP contribution in [0.5, 0.6) is 0 Å². The zero-order chi connectivity index (χ0) is 11.5. The molecule has 7 heteroatoms. The number of fused-ring (bicyclic) bond motifs is 1. The summed E-state index contributed by atoms with van der Waals surface area (Å²) in [6.45, 7) is 0.622. The van der Waals surface area contributed by atoms with Gasteiger partial charge in [0, 0.05) is 20.8 Å². The Hall–Kier alpha value is -1.18. The molecule has 0 fully saturated rings. The highest BCUT2D eigenvalue weighted by Crippen LogP contribution is 2.26. The summed E-state index contributed by atoms with van der Waals surface area (Å²) in [4.78, 5) is 4.15. The lowest BCUT2D eigenvalue weighted by Crippen LogP contribution is -2.34. The van der Waals surface area contributed by atoms with Crippen molar-refractivity contribution in [2.24, 2.45) is 0 Å². The van der Waals surface area contributed by atoms with Crippen molar-refractivity contribution in [3.05, 3.63) is 5.82 Å². The molecular formula is C9H16N4O3. The van der Waals surface area contributed by atoms with Crippen LogP contribution >= 0.6 is 0 Å². The Labute approximate surface area is 93.4 Å². The molecule has 2 N–H and O–H groups in total. The Kier molecular flexibility index (Phi) is 3.37. The van der Waals surface area contributed by atoms with E-state index in [4.69, 9.17) is 14.6 Å². The molecule has 0 saturated carbocycles. The maximum absolute atomic E-state index is 9.00. The first kappa shape index (κ1) is 11.3. The van der Waals surface area contributed by atoms with Gasteiger partial charge in [0.1, 0.15) is 12.6 Å². The normalized spacial score (nSPS) is 19.6. The molecule has 2 heterocycles. The van der Waals surface area contributed by atoms with E-state index < -0.39 is 0 Å². The molecule has 1 atom stereocenters. The summed E-state index contributed by atoms with van der Waals surface area (Å²) in [7, 11) is 3.19. The summed E-state index contributed by atoms with van der Waals surface area (Å²) >= 11 is 0. The third kappa shape index (κ3) is 1.89. The van der Waals surface area contributed by atoms with E-state index in [1.54, 1.807) is 18.9 Å². The second-order valence-corrected chi connectivity index (χ2v) is 3.58. The molecule has 1 aromatic heterocycles. The number of rotatable bonds is 4. The first-order chi connectivity index (χ1) is 7.80. The summed E-state index contributed by atoms with van der Waals surface area (Å²) in [6, 6.07) is -0.0148. The van der Waals surface area contributed by atoms with E-state index in [-0.39, 0.29) is 18.9 Å². The van der Waals surface area contributed by atoms with Gasteiger partial charge in [0.2, 0.25) is 5.95 Å². The molecule has 90 valence electrons. The number of aliphatic hydroxyl groups is 1. The van der Waals surface area contributed by atoms with Gasteiger partial charge < -0.3 is 19.9 Å². The number of nitrogens with zero attached hydrogens (tertiary/aromatic N) is 3. The van der Waals surface area contributed by atoms with E-state index in [1.807, 2.05) is 0 Å². The Morgan fingerprint density at radius 3 is 2.94 bits per heavy atom. The molecule has 7 nitrogen and oxygen atoms in total. The zero-order valence-electron chi connectivity index (χ0n) is 9.38. The van der Waals surface area contributed by atoms with Gasteiger partial charge in [-0.3, -0.25) is 0 Å². The van der Waals surface area contributed by atoms with Crippen LogP contribution in [0, 0.1) is 0 Å². The monoisotopic (exact) mass is 228 g/mol. The van der Waals surface area contributed by atoms with Crippen molar-refractivity contribution in [2.45, 2.75) is 25.4 Å². The summed E-state index contributed by atoms with van der Waals surface area (Å²) in [5.41, 5.74) is 0. The molecule has 2 rings (SSSR count). The smallest absolute Gasteiger partial charge is 0.221 e. The molecule has 0 radical (unpaired) electrons. The van der Waals surface area contributed by atoms with Crippen molar-refractivity contribution in [3.8, 4) is 0 Å². The van der Waals surface area contributed by atoms with Crippen LogP contribution in [0.1, 0.15) is 18.3 Å². The molecule has 16 heavy (non-hydrogen) atoms. The van der Waals surface area contributed by atoms with Gasteiger partial charge in [0.15, 0.2) is 12.1 Å². The van der Waals surface area contributed by atoms with Crippen molar-refractivity contribution in [2.75, 3.05) is 26.1 Å². The SMILES string of the molecule is COC(OC)C1CCNc2nc(CO)nn21. The van der Waals surface area contributed by atoms with Gasteiger partial charge in [0.05, 0.1) is 0 Å². The predicted molar refractivity (Wildman–Crippen MR) is 55.9 cm³/mol. The fraction of sp³-hybridized carbons (Fsp3) is 0.778. The molecule has 0 spiro atoms. The standard InChI is InChI=1S/C9H16N4O3/c1-15-8(16-2)6-3-4-10-9-11-7(5-14)12-13(6)9/h6,8,14H,3-5H2,1-2H3,(H,10,11,12). The van der Waals surface area contributed by atoms with Crippen LogP contribution in [0.25, 0.3) is 0 Å². The van der Waals surface area contributed by atoms with E-state index in [9.17, 15) is 0 Å². The third-order valence-electron chi connectivity index (χ3n) is 2.63. The molecular weight excluding hydrogens is 212 g/mol. The maximum atomic E-state index is 9.00. The van der Waals surface area contributed by atoms with Crippen molar-refractivity contribution >= 4 is 5.95 Å². The van der Waals surface area contributed by atoms with Crippen LogP contribution in [-0.4, -0.2) is 46.9 Å². The number of hydrogen-bond donors (Lipinski definition) is 2. The summed E-state index contributed by atoms with van der Waals surface area (Å²) in [6.07, 6.45) is 0.488. The molecule has 0 aromatic carbocycles. The highest BCUT2D eigenvalue weighted by molar-refractivity contribution is 5.28. The van der Waals surface area contributed by atoms with Gasteiger partial charge in [-0.2, -0.15) is 10.1 Å². The van der Waals surface area contributed by atoms with Crippen LogP contribution in [0.2, 0.25) is 0 Å². The fourth-order valence-electron chi connectivity index (χ4n) is 1.90. The maximum Gasteiger partial charge on any atom is 0.221 e. The van der Waals surface area contributed by atoms with Crippen molar-refractivity contribution in [1.29, 1.82) is 0 Å². The van der Waals surface area contributed by atoms with Crippen molar-refractivity contribution in [1.82, 2.24) is 14.8 Å². The minimum absolute atomic E-state index is 0.0148. The lowest BCUT2D eigenvalue weighted by atomic mass is 10.2. The zero-order valence-corrected chi connectivity index (χ0v) is 9.38. The minimum Gasteiger partial charge on any atom is -0.388 e. The van der Waals surface area contributed by atoms with Gasteiger partial charge in [-0.05, 0) is 6.42 Å². The number of methoxy groups -OCH3 is 2. The van der Waals surface area contributed by atoms with Gasteiger partial charge in [-0.25, -0.2) is 4.68 Å². The minimum atomic E-state index is -0.353. The Morgan fingerprint density at radius 2 is 2.31 bits per heavy atom. The Balaban J connectivity index is 2.27. The molecule has 0 bridgehead atoms. The van der Waals surface area contributed by atoms with E-state index in [2.05, 4.69) is 15.4 Å². The lowest BCUT2D eigenvalue weighted by molar-refractivity contribution is -0.135. The topological polar surface area (TPSA) is 81.4 Å².